The minimum atomic E-state index is -0.452. The van der Waals surface area contributed by atoms with Gasteiger partial charge in [-0.05, 0) is 72.5 Å². The highest BCUT2D eigenvalue weighted by Crippen LogP contribution is 2.20. The first-order valence-electron chi connectivity index (χ1n) is 12.3. The van der Waals surface area contributed by atoms with Crippen molar-refractivity contribution in [3.8, 4) is 0 Å². The monoisotopic (exact) mass is 413 g/mol. The van der Waals surface area contributed by atoms with Crippen molar-refractivity contribution in [1.29, 1.82) is 0 Å². The Hall–Kier alpha value is -0.810. The Balaban J connectivity index is 4.66. The highest BCUT2D eigenvalue weighted by molar-refractivity contribution is 5.68. The van der Waals surface area contributed by atoms with Gasteiger partial charge in [0.2, 0.25) is 0 Å². The fourth-order valence-electron chi connectivity index (χ4n) is 3.59. The lowest BCUT2D eigenvalue weighted by atomic mass is 10.0. The molecule has 0 aromatic rings. The van der Waals surface area contributed by atoms with Crippen LogP contribution in [-0.4, -0.2) is 48.8 Å². The number of rotatable bonds is 18. The Bertz CT molecular complexity index is 383. The van der Waals surface area contributed by atoms with Crippen molar-refractivity contribution in [3.63, 3.8) is 0 Å². The largest absolute Gasteiger partial charge is 0.444 e. The van der Waals surface area contributed by atoms with Crippen molar-refractivity contribution >= 4 is 6.09 Å². The molecule has 0 bridgehead atoms. The van der Waals surface area contributed by atoms with Crippen LogP contribution in [0.2, 0.25) is 0 Å². The van der Waals surface area contributed by atoms with Crippen molar-refractivity contribution < 1.29 is 9.53 Å². The third-order valence-corrected chi connectivity index (χ3v) is 5.14. The van der Waals surface area contributed by atoms with Gasteiger partial charge in [0.15, 0.2) is 0 Å². The zero-order valence-electron chi connectivity index (χ0n) is 20.2. The molecule has 0 fully saturated rings. The topological polar surface area (TPSA) is 67.6 Å². The van der Waals surface area contributed by atoms with Gasteiger partial charge in [-0.3, -0.25) is 0 Å². The average Bonchev–Trinajstić information content (AvgIpc) is 2.64. The predicted molar refractivity (Wildman–Crippen MR) is 125 cm³/mol. The highest BCUT2D eigenvalue weighted by atomic mass is 16.6. The summed E-state index contributed by atoms with van der Waals surface area (Å²) in [6.45, 7) is 13.8. The highest BCUT2D eigenvalue weighted by Gasteiger charge is 2.27. The van der Waals surface area contributed by atoms with E-state index >= 15 is 0 Å². The molecule has 1 amide bonds. The van der Waals surface area contributed by atoms with E-state index < -0.39 is 5.60 Å². The zero-order valence-corrected chi connectivity index (χ0v) is 20.2. The molecule has 1 unspecified atom stereocenters. The summed E-state index contributed by atoms with van der Waals surface area (Å²) in [4.78, 5) is 14.9. The van der Waals surface area contributed by atoms with Crippen LogP contribution < -0.4 is 11.1 Å². The minimum Gasteiger partial charge on any atom is -0.444 e. The maximum Gasteiger partial charge on any atom is 0.410 e. The Morgan fingerprint density at radius 2 is 1.55 bits per heavy atom. The maximum absolute atomic E-state index is 12.9. The number of nitrogens with two attached hydrogens (primary N) is 1. The van der Waals surface area contributed by atoms with Gasteiger partial charge in [-0.25, -0.2) is 4.79 Å². The molecule has 0 aromatic carbocycles. The number of amides is 1. The standard InChI is InChI=1S/C24H51N3O2/c1-6-8-9-10-11-12-17-22(16-7-2)27(23(28)29-24(3,4)5)21-15-20-26-19-14-13-18-25/h22,26H,6-21,25H2,1-5H3. The van der Waals surface area contributed by atoms with Crippen molar-refractivity contribution in [2.75, 3.05) is 26.2 Å². The fourth-order valence-corrected chi connectivity index (χ4v) is 3.59. The SMILES string of the molecule is CCCCCCCCC(CCC)N(CCCNCCCCN)C(=O)OC(C)(C)C. The molecule has 0 radical (unpaired) electrons. The van der Waals surface area contributed by atoms with Crippen molar-refractivity contribution in [2.45, 2.75) is 123 Å². The summed E-state index contributed by atoms with van der Waals surface area (Å²) in [5, 5.41) is 3.47. The van der Waals surface area contributed by atoms with Crippen LogP contribution in [0.1, 0.15) is 112 Å². The molecule has 5 nitrogen and oxygen atoms in total. The van der Waals surface area contributed by atoms with Crippen LogP contribution in [-0.2, 0) is 4.74 Å². The van der Waals surface area contributed by atoms with E-state index in [0.717, 1.165) is 64.7 Å². The van der Waals surface area contributed by atoms with Crippen molar-refractivity contribution in [2.24, 2.45) is 5.73 Å². The van der Waals surface area contributed by atoms with Crippen LogP contribution in [0, 0.1) is 0 Å². The fraction of sp³-hybridized carbons (Fsp3) is 0.958. The first-order chi connectivity index (χ1) is 13.9. The second-order valence-electron chi connectivity index (χ2n) is 9.27. The Morgan fingerprint density at radius 3 is 2.17 bits per heavy atom. The van der Waals surface area contributed by atoms with Gasteiger partial charge >= 0.3 is 6.09 Å². The summed E-state index contributed by atoms with van der Waals surface area (Å²) in [5.41, 5.74) is 5.09. The van der Waals surface area contributed by atoms with Gasteiger partial charge in [-0.1, -0.05) is 58.8 Å². The molecule has 0 aliphatic rings. The number of hydrogen-bond acceptors (Lipinski definition) is 4. The quantitative estimate of drug-likeness (QED) is 0.276. The number of nitrogens with zero attached hydrogens (tertiary/aromatic N) is 1. The van der Waals surface area contributed by atoms with E-state index in [-0.39, 0.29) is 6.09 Å². The van der Waals surface area contributed by atoms with Gasteiger partial charge in [0.25, 0.3) is 0 Å². The smallest absolute Gasteiger partial charge is 0.410 e. The zero-order chi connectivity index (χ0) is 22.0. The van der Waals surface area contributed by atoms with E-state index in [9.17, 15) is 4.79 Å². The Morgan fingerprint density at radius 1 is 0.897 bits per heavy atom. The molecular weight excluding hydrogens is 362 g/mol. The molecule has 0 spiro atoms. The molecule has 0 saturated heterocycles. The van der Waals surface area contributed by atoms with Gasteiger partial charge in [0.1, 0.15) is 5.60 Å². The molecule has 3 N–H and O–H groups in total. The summed E-state index contributed by atoms with van der Waals surface area (Å²) in [5.74, 6) is 0. The summed E-state index contributed by atoms with van der Waals surface area (Å²) >= 11 is 0. The molecule has 0 aromatic heterocycles. The predicted octanol–water partition coefficient (Wildman–Crippen LogP) is 5.86. The molecule has 5 heteroatoms. The summed E-state index contributed by atoms with van der Waals surface area (Å²) < 4.78 is 5.75. The first-order valence-corrected chi connectivity index (χ1v) is 12.3. The van der Waals surface area contributed by atoms with Crippen molar-refractivity contribution in [3.05, 3.63) is 0 Å². The van der Waals surface area contributed by atoms with E-state index in [4.69, 9.17) is 10.5 Å². The summed E-state index contributed by atoms with van der Waals surface area (Å²) in [7, 11) is 0. The van der Waals surface area contributed by atoms with Gasteiger partial charge in [0, 0.05) is 12.6 Å². The molecule has 0 aliphatic heterocycles. The number of nitrogens with one attached hydrogen (secondary N) is 1. The lowest BCUT2D eigenvalue weighted by molar-refractivity contribution is 0.0137. The van der Waals surface area contributed by atoms with Crippen LogP contribution in [0.5, 0.6) is 0 Å². The average molecular weight is 414 g/mol. The van der Waals surface area contributed by atoms with Gasteiger partial charge in [-0.15, -0.1) is 0 Å². The minimum absolute atomic E-state index is 0.148. The summed E-state index contributed by atoms with van der Waals surface area (Å²) in [6, 6.07) is 0.290. The maximum atomic E-state index is 12.9. The Labute approximate surface area is 181 Å². The van der Waals surface area contributed by atoms with Gasteiger partial charge in [0.05, 0.1) is 0 Å². The molecule has 0 saturated carbocycles. The van der Waals surface area contributed by atoms with Gasteiger partial charge < -0.3 is 20.7 Å². The Kier molecular flexibility index (Phi) is 17.5. The van der Waals surface area contributed by atoms with E-state index in [1.807, 2.05) is 25.7 Å². The van der Waals surface area contributed by atoms with E-state index in [2.05, 4.69) is 19.2 Å². The van der Waals surface area contributed by atoms with Crippen LogP contribution in [0.4, 0.5) is 4.79 Å². The number of carbonyl (C=O) groups is 1. The van der Waals surface area contributed by atoms with Crippen LogP contribution in [0.15, 0.2) is 0 Å². The van der Waals surface area contributed by atoms with Crippen molar-refractivity contribution in [1.82, 2.24) is 10.2 Å². The number of ether oxygens (including phenoxy) is 1. The lowest BCUT2D eigenvalue weighted by Gasteiger charge is -2.34. The molecule has 0 aliphatic carbocycles. The number of carbonyl (C=O) groups excluding carboxylic acids is 1. The molecule has 0 heterocycles. The third kappa shape index (κ3) is 16.7. The van der Waals surface area contributed by atoms with Gasteiger partial charge in [-0.2, -0.15) is 0 Å². The molecule has 174 valence electrons. The van der Waals surface area contributed by atoms with Crippen LogP contribution in [0.3, 0.4) is 0 Å². The molecule has 1 atom stereocenters. The van der Waals surface area contributed by atoms with E-state index in [1.165, 1.54) is 38.5 Å². The molecule has 29 heavy (non-hydrogen) atoms. The van der Waals surface area contributed by atoms with E-state index in [0.29, 0.717) is 6.04 Å². The second-order valence-corrected chi connectivity index (χ2v) is 9.27. The number of hydrogen-bond donors (Lipinski definition) is 2. The lowest BCUT2D eigenvalue weighted by Crippen LogP contribution is -2.44. The second kappa shape index (κ2) is 18.0. The third-order valence-electron chi connectivity index (χ3n) is 5.14. The first kappa shape index (κ1) is 28.2. The molecule has 0 rings (SSSR count). The van der Waals surface area contributed by atoms with Crippen LogP contribution >= 0.6 is 0 Å². The summed E-state index contributed by atoms with van der Waals surface area (Å²) in [6.07, 6.45) is 14.0. The molecular formula is C24H51N3O2. The number of unbranched alkanes of at least 4 members (excludes halogenated alkanes) is 6. The van der Waals surface area contributed by atoms with E-state index in [1.54, 1.807) is 0 Å². The normalized spacial score (nSPS) is 12.8. The van der Waals surface area contributed by atoms with Crippen LogP contribution in [0.25, 0.3) is 0 Å².